The second-order valence-electron chi connectivity index (χ2n) is 8.04. The average Bonchev–Trinajstić information content (AvgIpc) is 3.20. The zero-order valence-corrected chi connectivity index (χ0v) is 17.5. The van der Waals surface area contributed by atoms with Crippen LogP contribution in [0.1, 0.15) is 26.3 Å². The molecule has 0 atom stereocenters. The van der Waals surface area contributed by atoms with Gasteiger partial charge in [0, 0.05) is 30.1 Å². The van der Waals surface area contributed by atoms with Crippen LogP contribution in [0.2, 0.25) is 0 Å². The van der Waals surface area contributed by atoms with Gasteiger partial charge < -0.3 is 4.74 Å². The number of pyridine rings is 1. The maximum Gasteiger partial charge on any atom is 0.416 e. The number of rotatable bonds is 4. The van der Waals surface area contributed by atoms with Gasteiger partial charge in [-0.25, -0.2) is 14.2 Å². The molecule has 7 nitrogen and oxygen atoms in total. The fraction of sp³-hybridized carbons (Fsp3) is 0.217. The molecule has 158 valence electrons. The lowest BCUT2D eigenvalue weighted by atomic mass is 10.1. The molecule has 0 aliphatic heterocycles. The lowest BCUT2D eigenvalue weighted by Gasteiger charge is -2.28. The van der Waals surface area contributed by atoms with Crippen LogP contribution in [0.3, 0.4) is 0 Å². The SMILES string of the molecule is CC(C)(C)OC(=O)N(Cc1cccnc1)c1cc(-c2ccc(F)cc2)nc2ccnn12. The van der Waals surface area contributed by atoms with Gasteiger partial charge >= 0.3 is 6.09 Å². The minimum Gasteiger partial charge on any atom is -0.443 e. The number of carbonyl (C=O) groups excluding carboxylic acids is 1. The molecule has 8 heteroatoms. The van der Waals surface area contributed by atoms with E-state index in [1.807, 2.05) is 32.9 Å². The molecule has 0 saturated carbocycles. The molecule has 31 heavy (non-hydrogen) atoms. The lowest BCUT2D eigenvalue weighted by Crippen LogP contribution is -2.37. The van der Waals surface area contributed by atoms with Crippen molar-refractivity contribution in [3.8, 4) is 11.3 Å². The van der Waals surface area contributed by atoms with Crippen molar-refractivity contribution in [2.24, 2.45) is 0 Å². The first-order chi connectivity index (χ1) is 14.8. The van der Waals surface area contributed by atoms with Crippen molar-refractivity contribution in [1.29, 1.82) is 0 Å². The van der Waals surface area contributed by atoms with Crippen LogP contribution < -0.4 is 4.90 Å². The highest BCUT2D eigenvalue weighted by molar-refractivity contribution is 5.88. The van der Waals surface area contributed by atoms with Crippen molar-refractivity contribution in [3.63, 3.8) is 0 Å². The Morgan fingerprint density at radius 2 is 1.90 bits per heavy atom. The molecule has 1 aromatic carbocycles. The van der Waals surface area contributed by atoms with Gasteiger partial charge in [0.15, 0.2) is 5.65 Å². The molecule has 4 aromatic rings. The smallest absolute Gasteiger partial charge is 0.416 e. The van der Waals surface area contributed by atoms with E-state index in [2.05, 4.69) is 15.1 Å². The molecular formula is C23H22FN5O2. The Hall–Kier alpha value is -3.81. The average molecular weight is 419 g/mol. The Balaban J connectivity index is 1.84. The van der Waals surface area contributed by atoms with Gasteiger partial charge in [-0.05, 0) is 56.7 Å². The minimum absolute atomic E-state index is 0.227. The number of ether oxygens (including phenoxy) is 1. The van der Waals surface area contributed by atoms with Gasteiger partial charge in [-0.3, -0.25) is 9.88 Å². The normalized spacial score (nSPS) is 11.5. The Morgan fingerprint density at radius 3 is 2.58 bits per heavy atom. The molecule has 3 heterocycles. The predicted molar refractivity (Wildman–Crippen MR) is 115 cm³/mol. The van der Waals surface area contributed by atoms with Crippen LogP contribution in [-0.4, -0.2) is 31.3 Å². The number of halogens is 1. The Bertz CT molecular complexity index is 1200. The van der Waals surface area contributed by atoms with E-state index in [0.717, 1.165) is 11.1 Å². The summed E-state index contributed by atoms with van der Waals surface area (Å²) in [4.78, 5) is 23.4. The first-order valence-electron chi connectivity index (χ1n) is 9.80. The van der Waals surface area contributed by atoms with Gasteiger partial charge in [0.2, 0.25) is 0 Å². The highest BCUT2D eigenvalue weighted by Crippen LogP contribution is 2.27. The number of benzene rings is 1. The van der Waals surface area contributed by atoms with Crippen LogP contribution in [0, 0.1) is 5.82 Å². The summed E-state index contributed by atoms with van der Waals surface area (Å²) in [7, 11) is 0. The van der Waals surface area contributed by atoms with Crippen molar-refractivity contribution < 1.29 is 13.9 Å². The summed E-state index contributed by atoms with van der Waals surface area (Å²) in [6, 6.07) is 13.2. The summed E-state index contributed by atoms with van der Waals surface area (Å²) in [5.74, 6) is 0.147. The minimum atomic E-state index is -0.680. The zero-order valence-electron chi connectivity index (χ0n) is 17.5. The maximum atomic E-state index is 13.4. The third-order valence-electron chi connectivity index (χ3n) is 4.43. The molecule has 0 aliphatic rings. The second-order valence-corrected chi connectivity index (χ2v) is 8.04. The molecule has 0 unspecified atom stereocenters. The molecule has 4 rings (SSSR count). The number of carbonyl (C=O) groups is 1. The largest absolute Gasteiger partial charge is 0.443 e. The Labute approximate surface area is 179 Å². The molecule has 0 N–H and O–H groups in total. The zero-order chi connectivity index (χ0) is 22.0. The molecule has 0 bridgehead atoms. The number of fused-ring (bicyclic) bond motifs is 1. The van der Waals surface area contributed by atoms with Crippen LogP contribution in [0.4, 0.5) is 15.0 Å². The van der Waals surface area contributed by atoms with Crippen LogP contribution in [0.15, 0.2) is 67.1 Å². The number of hydrogen-bond donors (Lipinski definition) is 0. The summed E-state index contributed by atoms with van der Waals surface area (Å²) in [5, 5.41) is 4.34. The lowest BCUT2D eigenvalue weighted by molar-refractivity contribution is 0.0575. The number of anilines is 1. The number of nitrogens with zero attached hydrogens (tertiary/aromatic N) is 5. The maximum absolute atomic E-state index is 13.4. The van der Waals surface area contributed by atoms with Gasteiger partial charge in [-0.1, -0.05) is 6.07 Å². The molecule has 0 spiro atoms. The third-order valence-corrected chi connectivity index (χ3v) is 4.43. The summed E-state index contributed by atoms with van der Waals surface area (Å²) in [5.41, 5.74) is 2.00. The predicted octanol–water partition coefficient (Wildman–Crippen LogP) is 4.87. The van der Waals surface area contributed by atoms with E-state index in [9.17, 15) is 9.18 Å². The quantitative estimate of drug-likeness (QED) is 0.472. The van der Waals surface area contributed by atoms with Gasteiger partial charge in [-0.2, -0.15) is 9.61 Å². The van der Waals surface area contributed by atoms with E-state index in [1.54, 1.807) is 47.4 Å². The van der Waals surface area contributed by atoms with E-state index in [-0.39, 0.29) is 12.4 Å². The van der Waals surface area contributed by atoms with E-state index in [1.165, 1.54) is 17.0 Å². The molecule has 1 amide bonds. The number of aromatic nitrogens is 4. The molecule has 3 aromatic heterocycles. The molecule has 0 saturated heterocycles. The number of amides is 1. The van der Waals surface area contributed by atoms with E-state index in [0.29, 0.717) is 17.2 Å². The standard InChI is InChI=1S/C23H22FN5O2/c1-23(2,3)31-22(30)28(15-16-5-4-11-25-14-16)21-13-19(17-6-8-18(24)9-7-17)27-20-10-12-26-29(20)21/h4-14H,15H2,1-3H3. The second kappa shape index (κ2) is 8.14. The van der Waals surface area contributed by atoms with Crippen LogP contribution in [0.5, 0.6) is 0 Å². The van der Waals surface area contributed by atoms with E-state index < -0.39 is 11.7 Å². The van der Waals surface area contributed by atoms with Gasteiger partial charge in [0.1, 0.15) is 17.2 Å². The van der Waals surface area contributed by atoms with Gasteiger partial charge in [-0.15, -0.1) is 0 Å². The monoisotopic (exact) mass is 419 g/mol. The summed E-state index contributed by atoms with van der Waals surface area (Å²) in [6.07, 6.45) is 4.45. The van der Waals surface area contributed by atoms with E-state index in [4.69, 9.17) is 4.74 Å². The first-order valence-corrected chi connectivity index (χ1v) is 9.80. The van der Waals surface area contributed by atoms with Crippen molar-refractivity contribution in [3.05, 3.63) is 78.5 Å². The van der Waals surface area contributed by atoms with Crippen molar-refractivity contribution in [2.45, 2.75) is 32.9 Å². The first kappa shape index (κ1) is 20.5. The fourth-order valence-electron chi connectivity index (χ4n) is 3.09. The van der Waals surface area contributed by atoms with Crippen LogP contribution in [0.25, 0.3) is 16.9 Å². The molecule has 0 aliphatic carbocycles. The van der Waals surface area contributed by atoms with Crippen LogP contribution in [-0.2, 0) is 11.3 Å². The van der Waals surface area contributed by atoms with Crippen molar-refractivity contribution in [2.75, 3.05) is 4.90 Å². The summed E-state index contributed by atoms with van der Waals surface area (Å²) < 4.78 is 20.7. The number of hydrogen-bond acceptors (Lipinski definition) is 5. The highest BCUT2D eigenvalue weighted by Gasteiger charge is 2.26. The van der Waals surface area contributed by atoms with Gasteiger partial charge in [0.05, 0.1) is 18.4 Å². The summed E-state index contributed by atoms with van der Waals surface area (Å²) >= 11 is 0. The molecule has 0 radical (unpaired) electrons. The topological polar surface area (TPSA) is 72.6 Å². The Kier molecular flexibility index (Phi) is 5.37. The molecule has 0 fully saturated rings. The molecular weight excluding hydrogens is 397 g/mol. The van der Waals surface area contributed by atoms with Crippen molar-refractivity contribution >= 4 is 17.6 Å². The third kappa shape index (κ3) is 4.69. The Morgan fingerprint density at radius 1 is 1.13 bits per heavy atom. The van der Waals surface area contributed by atoms with Crippen LogP contribution >= 0.6 is 0 Å². The van der Waals surface area contributed by atoms with E-state index >= 15 is 0 Å². The van der Waals surface area contributed by atoms with Gasteiger partial charge in [0.25, 0.3) is 0 Å². The fourth-order valence-corrected chi connectivity index (χ4v) is 3.09. The summed E-state index contributed by atoms with van der Waals surface area (Å²) in [6.45, 7) is 5.66. The van der Waals surface area contributed by atoms with Crippen molar-refractivity contribution in [1.82, 2.24) is 19.6 Å². The highest BCUT2D eigenvalue weighted by atomic mass is 19.1.